The number of hydrogen-bond donors (Lipinski definition) is 2. The van der Waals surface area contributed by atoms with Gasteiger partial charge in [0.1, 0.15) is 6.04 Å². The van der Waals surface area contributed by atoms with Crippen molar-refractivity contribution in [1.82, 2.24) is 15.2 Å². The third-order valence-electron chi connectivity index (χ3n) is 4.65. The van der Waals surface area contributed by atoms with Crippen LogP contribution in [0, 0.1) is 6.92 Å². The van der Waals surface area contributed by atoms with Crippen molar-refractivity contribution in [3.8, 4) is 10.4 Å². The van der Waals surface area contributed by atoms with Gasteiger partial charge in [-0.15, -0.1) is 11.3 Å². The Kier molecular flexibility index (Phi) is 5.53. The number of likely N-dealkylation sites (tertiary alicyclic amines) is 1. The van der Waals surface area contributed by atoms with E-state index in [-0.39, 0.29) is 11.9 Å². The summed E-state index contributed by atoms with van der Waals surface area (Å²) in [5.74, 6) is -0.247. The van der Waals surface area contributed by atoms with Crippen LogP contribution in [0.2, 0.25) is 0 Å². The summed E-state index contributed by atoms with van der Waals surface area (Å²) >= 11 is 1.60. The van der Waals surface area contributed by atoms with Crippen LogP contribution in [-0.4, -0.2) is 39.7 Å². The minimum absolute atomic E-state index is 0.202. The van der Waals surface area contributed by atoms with E-state index in [2.05, 4.69) is 15.2 Å². The van der Waals surface area contributed by atoms with Gasteiger partial charge >= 0.3 is 6.09 Å². The molecule has 1 aliphatic rings. The molecule has 0 aliphatic carbocycles. The van der Waals surface area contributed by atoms with Crippen LogP contribution in [0.25, 0.3) is 10.4 Å². The van der Waals surface area contributed by atoms with Gasteiger partial charge in [-0.2, -0.15) is 5.26 Å². The maximum absolute atomic E-state index is 12.5. The molecule has 8 heteroatoms. The number of aromatic nitrogens is 1. The zero-order chi connectivity index (χ0) is 18.7. The van der Waals surface area contributed by atoms with Crippen molar-refractivity contribution in [3.05, 3.63) is 41.0 Å². The molecule has 0 bridgehead atoms. The van der Waals surface area contributed by atoms with Crippen molar-refractivity contribution in [2.24, 2.45) is 0 Å². The van der Waals surface area contributed by atoms with Crippen LogP contribution >= 0.6 is 11.3 Å². The van der Waals surface area contributed by atoms with Gasteiger partial charge in [0.25, 0.3) is 0 Å². The Morgan fingerprint density at radius 1 is 1.38 bits per heavy atom. The summed E-state index contributed by atoms with van der Waals surface area (Å²) in [7, 11) is 0. The first-order valence-corrected chi connectivity index (χ1v) is 9.32. The summed E-state index contributed by atoms with van der Waals surface area (Å²) < 4.78 is 0. The third kappa shape index (κ3) is 3.71. The monoisotopic (exact) mass is 375 g/mol. The number of amides is 2. The van der Waals surface area contributed by atoms with E-state index in [1.807, 2.05) is 43.6 Å². The Balaban J connectivity index is 1.66. The SMILES string of the molecule is Cc1ncsc1-c1ccc([C@H](C)NC(=O)C2CCCN2C(=O)OO)cc1. The minimum Gasteiger partial charge on any atom is -0.348 e. The largest absolute Gasteiger partial charge is 0.441 e. The van der Waals surface area contributed by atoms with Gasteiger partial charge in [0, 0.05) is 6.54 Å². The summed E-state index contributed by atoms with van der Waals surface area (Å²) in [6.07, 6.45) is 0.362. The molecule has 1 aromatic heterocycles. The molecule has 0 saturated carbocycles. The Bertz CT molecular complexity index is 790. The van der Waals surface area contributed by atoms with Crippen LogP contribution in [0.5, 0.6) is 0 Å². The maximum atomic E-state index is 12.5. The molecule has 1 saturated heterocycles. The number of rotatable bonds is 4. The smallest absolute Gasteiger partial charge is 0.348 e. The van der Waals surface area contributed by atoms with Crippen molar-refractivity contribution < 1.29 is 19.7 Å². The van der Waals surface area contributed by atoms with E-state index < -0.39 is 12.1 Å². The molecule has 0 radical (unpaired) electrons. The molecule has 2 atom stereocenters. The fourth-order valence-corrected chi connectivity index (χ4v) is 4.02. The highest BCUT2D eigenvalue weighted by Crippen LogP contribution is 2.28. The second kappa shape index (κ2) is 7.84. The van der Waals surface area contributed by atoms with Gasteiger partial charge in [-0.25, -0.2) is 9.78 Å². The maximum Gasteiger partial charge on any atom is 0.441 e. The molecule has 3 rings (SSSR count). The predicted molar refractivity (Wildman–Crippen MR) is 97.7 cm³/mol. The molecule has 138 valence electrons. The first-order valence-electron chi connectivity index (χ1n) is 8.44. The Hall–Kier alpha value is -2.45. The van der Waals surface area contributed by atoms with Gasteiger partial charge in [0.2, 0.25) is 5.91 Å². The van der Waals surface area contributed by atoms with Gasteiger partial charge < -0.3 is 5.32 Å². The normalized spacial score (nSPS) is 17.8. The Morgan fingerprint density at radius 3 is 2.73 bits per heavy atom. The fourth-order valence-electron chi connectivity index (χ4n) is 3.21. The Morgan fingerprint density at radius 2 is 2.12 bits per heavy atom. The number of hydrogen-bond acceptors (Lipinski definition) is 6. The number of thiazole rings is 1. The quantitative estimate of drug-likeness (QED) is 0.631. The zero-order valence-electron chi connectivity index (χ0n) is 14.6. The number of nitrogens with zero attached hydrogens (tertiary/aromatic N) is 2. The molecule has 2 amide bonds. The molecule has 2 N–H and O–H groups in total. The van der Waals surface area contributed by atoms with E-state index in [0.29, 0.717) is 19.4 Å². The van der Waals surface area contributed by atoms with Crippen LogP contribution in [0.15, 0.2) is 29.8 Å². The molecule has 0 spiro atoms. The van der Waals surface area contributed by atoms with Gasteiger partial charge in [-0.05, 0) is 37.8 Å². The highest BCUT2D eigenvalue weighted by Gasteiger charge is 2.35. The summed E-state index contributed by atoms with van der Waals surface area (Å²) in [6, 6.07) is 7.18. The summed E-state index contributed by atoms with van der Waals surface area (Å²) in [6.45, 7) is 4.27. The van der Waals surface area contributed by atoms with Crippen molar-refractivity contribution in [2.75, 3.05) is 6.54 Å². The molecule has 26 heavy (non-hydrogen) atoms. The van der Waals surface area contributed by atoms with Crippen LogP contribution in [-0.2, 0) is 9.68 Å². The van der Waals surface area contributed by atoms with Crippen molar-refractivity contribution in [1.29, 1.82) is 0 Å². The van der Waals surface area contributed by atoms with Crippen LogP contribution in [0.3, 0.4) is 0 Å². The lowest BCUT2D eigenvalue weighted by atomic mass is 10.0. The summed E-state index contributed by atoms with van der Waals surface area (Å²) in [5.41, 5.74) is 4.89. The lowest BCUT2D eigenvalue weighted by Crippen LogP contribution is -2.46. The third-order valence-corrected chi connectivity index (χ3v) is 5.62. The van der Waals surface area contributed by atoms with Gasteiger partial charge in [-0.3, -0.25) is 14.6 Å². The molecule has 2 aromatic rings. The zero-order valence-corrected chi connectivity index (χ0v) is 15.5. The summed E-state index contributed by atoms with van der Waals surface area (Å²) in [5, 5.41) is 11.5. The number of carbonyl (C=O) groups excluding carboxylic acids is 2. The van der Waals surface area contributed by atoms with Crippen LogP contribution < -0.4 is 5.32 Å². The molecular weight excluding hydrogens is 354 g/mol. The van der Waals surface area contributed by atoms with E-state index in [4.69, 9.17) is 5.26 Å². The average molecular weight is 375 g/mol. The highest BCUT2D eigenvalue weighted by atomic mass is 32.1. The molecule has 1 unspecified atom stereocenters. The number of carbonyl (C=O) groups is 2. The number of nitrogens with one attached hydrogen (secondary N) is 1. The lowest BCUT2D eigenvalue weighted by molar-refractivity contribution is -0.189. The van der Waals surface area contributed by atoms with Crippen molar-refractivity contribution >= 4 is 23.3 Å². The van der Waals surface area contributed by atoms with E-state index in [0.717, 1.165) is 21.7 Å². The standard InChI is InChI=1S/C18H21N3O4S/c1-11(20-17(22)15-4-3-9-21(15)18(23)25-24)13-5-7-14(8-6-13)16-12(2)19-10-26-16/h5-8,10-11,15,24H,3-4,9H2,1-2H3,(H,20,22)/t11-,15?/m0/s1. The predicted octanol–water partition coefficient (Wildman–Crippen LogP) is 3.37. The molecule has 1 fully saturated rings. The minimum atomic E-state index is -0.889. The van der Waals surface area contributed by atoms with Crippen molar-refractivity contribution in [2.45, 2.75) is 38.8 Å². The number of benzene rings is 1. The average Bonchev–Trinajstić information content (AvgIpc) is 3.30. The molecule has 7 nitrogen and oxygen atoms in total. The number of aryl methyl sites for hydroxylation is 1. The molecule has 1 aliphatic heterocycles. The second-order valence-electron chi connectivity index (χ2n) is 6.33. The Labute approximate surface area is 155 Å². The van der Waals surface area contributed by atoms with Crippen molar-refractivity contribution in [3.63, 3.8) is 0 Å². The highest BCUT2D eigenvalue weighted by molar-refractivity contribution is 7.13. The molecule has 1 aromatic carbocycles. The van der Waals surface area contributed by atoms with Crippen LogP contribution in [0.1, 0.15) is 37.1 Å². The van der Waals surface area contributed by atoms with Gasteiger partial charge in [0.05, 0.1) is 22.1 Å². The second-order valence-corrected chi connectivity index (χ2v) is 7.18. The van der Waals surface area contributed by atoms with E-state index in [9.17, 15) is 9.59 Å². The van der Waals surface area contributed by atoms with E-state index in [1.165, 1.54) is 4.90 Å². The molecule has 2 heterocycles. The fraction of sp³-hybridized carbons (Fsp3) is 0.389. The topological polar surface area (TPSA) is 91.8 Å². The first-order chi connectivity index (χ1) is 12.5. The molecular formula is C18H21N3O4S. The van der Waals surface area contributed by atoms with E-state index >= 15 is 0 Å². The van der Waals surface area contributed by atoms with Gasteiger partial charge in [-0.1, -0.05) is 24.3 Å². The van der Waals surface area contributed by atoms with E-state index in [1.54, 1.807) is 11.3 Å². The lowest BCUT2D eigenvalue weighted by Gasteiger charge is -2.23. The summed E-state index contributed by atoms with van der Waals surface area (Å²) in [4.78, 5) is 34.5. The first kappa shape index (κ1) is 18.3. The van der Waals surface area contributed by atoms with Gasteiger partial charge in [0.15, 0.2) is 0 Å². The van der Waals surface area contributed by atoms with Crippen LogP contribution in [0.4, 0.5) is 4.79 Å².